The van der Waals surface area contributed by atoms with Crippen molar-refractivity contribution in [2.24, 2.45) is 11.3 Å². The number of benzene rings is 2. The van der Waals surface area contributed by atoms with Crippen LogP contribution in [0.3, 0.4) is 0 Å². The molecule has 2 aromatic carbocycles. The van der Waals surface area contributed by atoms with Crippen molar-refractivity contribution in [3.63, 3.8) is 0 Å². The number of fused-ring (bicyclic) bond motifs is 4. The molecule has 2 aromatic rings. The number of carbonyl (C=O) groups excluding carboxylic acids is 1. The molecular weight excluding hydrogens is 460 g/mol. The Hall–Kier alpha value is -2.24. The molecule has 1 N–H and O–H groups in total. The van der Waals surface area contributed by atoms with Crippen molar-refractivity contribution in [1.29, 1.82) is 0 Å². The van der Waals surface area contributed by atoms with E-state index < -0.39 is 0 Å². The molecular formula is C29H37ClN2O3. The number of alkyl carbamates (subject to hydrolysis) is 1. The molecule has 0 unspecified atom stereocenters. The van der Waals surface area contributed by atoms with E-state index in [-0.39, 0.29) is 29.3 Å². The molecule has 0 saturated carbocycles. The lowest BCUT2D eigenvalue weighted by Crippen LogP contribution is -2.53. The summed E-state index contributed by atoms with van der Waals surface area (Å²) < 4.78 is 11.9. The van der Waals surface area contributed by atoms with Gasteiger partial charge in [0, 0.05) is 12.1 Å². The van der Waals surface area contributed by atoms with Gasteiger partial charge in [-0.15, -0.1) is 0 Å². The van der Waals surface area contributed by atoms with Crippen molar-refractivity contribution in [2.45, 2.75) is 71.6 Å². The first kappa shape index (κ1) is 24.5. The molecule has 3 heterocycles. The monoisotopic (exact) mass is 496 g/mol. The zero-order valence-electron chi connectivity index (χ0n) is 21.5. The maximum absolute atomic E-state index is 12.9. The topological polar surface area (TPSA) is 50.8 Å². The number of hydrogen-bond donors (Lipinski definition) is 1. The van der Waals surface area contributed by atoms with Gasteiger partial charge in [-0.2, -0.15) is 0 Å². The Morgan fingerprint density at radius 1 is 1.11 bits per heavy atom. The van der Waals surface area contributed by atoms with Crippen molar-refractivity contribution in [1.82, 2.24) is 10.2 Å². The average molecular weight is 497 g/mol. The van der Waals surface area contributed by atoms with Gasteiger partial charge in [0.2, 0.25) is 0 Å². The van der Waals surface area contributed by atoms with Crippen LogP contribution in [0.25, 0.3) is 11.1 Å². The van der Waals surface area contributed by atoms with Crippen LogP contribution in [-0.4, -0.2) is 42.3 Å². The Kier molecular flexibility index (Phi) is 6.29. The quantitative estimate of drug-likeness (QED) is 0.516. The molecule has 0 radical (unpaired) electrons. The molecule has 35 heavy (non-hydrogen) atoms. The third-order valence-corrected chi connectivity index (χ3v) is 7.99. The number of piperidine rings is 3. The van der Waals surface area contributed by atoms with Gasteiger partial charge in [0.05, 0.1) is 11.1 Å². The maximum atomic E-state index is 12.9. The second-order valence-electron chi connectivity index (χ2n) is 12.1. The maximum Gasteiger partial charge on any atom is 0.407 e. The summed E-state index contributed by atoms with van der Waals surface area (Å²) in [5.41, 5.74) is 4.07. The molecule has 188 valence electrons. The van der Waals surface area contributed by atoms with E-state index in [1.165, 1.54) is 5.56 Å². The van der Waals surface area contributed by atoms with Gasteiger partial charge < -0.3 is 14.8 Å². The normalized spacial score (nSPS) is 26.8. The van der Waals surface area contributed by atoms with Crippen molar-refractivity contribution >= 4 is 17.7 Å². The third kappa shape index (κ3) is 5.17. The lowest BCUT2D eigenvalue weighted by atomic mass is 9.85. The van der Waals surface area contributed by atoms with Gasteiger partial charge in [0.15, 0.2) is 0 Å². The molecule has 2 bridgehead atoms. The molecule has 4 aliphatic rings. The zero-order valence-corrected chi connectivity index (χ0v) is 22.2. The van der Waals surface area contributed by atoms with E-state index >= 15 is 0 Å². The first-order valence-electron chi connectivity index (χ1n) is 12.8. The minimum Gasteiger partial charge on any atom is -0.488 e. The van der Waals surface area contributed by atoms with E-state index in [9.17, 15) is 4.79 Å². The number of hydrogen-bond acceptors (Lipinski definition) is 4. The van der Waals surface area contributed by atoms with E-state index in [0.717, 1.165) is 61.3 Å². The Morgan fingerprint density at radius 2 is 1.86 bits per heavy atom. The molecule has 5 nitrogen and oxygen atoms in total. The standard InChI is InChI=1S/C29H37ClN2O3/c1-28(2,3)35-21-7-9-22(24(30)15-21)19-6-8-23-20(14-19)16-29(4,5)26(23)31-27(33)34-25-17-32-12-10-18(25)11-13-32/h6-9,14-15,18,25-26H,10-13,16-17H2,1-5H3,(H,31,33)/t25-,26-/m0/s1. The van der Waals surface area contributed by atoms with Crippen LogP contribution in [0.15, 0.2) is 36.4 Å². The predicted molar refractivity (Wildman–Crippen MR) is 140 cm³/mol. The Morgan fingerprint density at radius 3 is 2.49 bits per heavy atom. The number of nitrogens with one attached hydrogen (secondary N) is 1. The third-order valence-electron chi connectivity index (χ3n) is 7.67. The van der Waals surface area contributed by atoms with Crippen LogP contribution in [0.5, 0.6) is 5.75 Å². The van der Waals surface area contributed by atoms with Gasteiger partial charge >= 0.3 is 6.09 Å². The van der Waals surface area contributed by atoms with E-state index in [4.69, 9.17) is 21.1 Å². The Balaban J connectivity index is 1.32. The highest BCUT2D eigenvalue weighted by molar-refractivity contribution is 6.33. The van der Waals surface area contributed by atoms with Crippen molar-refractivity contribution in [3.8, 4) is 16.9 Å². The predicted octanol–water partition coefficient (Wildman–Crippen LogP) is 6.63. The number of carbonyl (C=O) groups is 1. The first-order valence-corrected chi connectivity index (χ1v) is 13.2. The highest BCUT2D eigenvalue weighted by Gasteiger charge is 2.42. The summed E-state index contributed by atoms with van der Waals surface area (Å²) in [6, 6.07) is 12.2. The second kappa shape index (κ2) is 9.01. The van der Waals surface area contributed by atoms with Crippen LogP contribution in [0.1, 0.15) is 64.6 Å². The summed E-state index contributed by atoms with van der Waals surface area (Å²) in [6.07, 6.45) is 2.85. The molecule has 1 aliphatic carbocycles. The summed E-state index contributed by atoms with van der Waals surface area (Å²) in [4.78, 5) is 15.3. The Bertz CT molecular complexity index is 1120. The highest BCUT2D eigenvalue weighted by Crippen LogP contribution is 2.47. The Labute approximate surface area is 214 Å². The van der Waals surface area contributed by atoms with E-state index in [1.54, 1.807) is 0 Å². The minimum absolute atomic E-state index is 0.0104. The number of nitrogens with zero attached hydrogens (tertiary/aromatic N) is 1. The fourth-order valence-electron chi connectivity index (χ4n) is 5.98. The van der Waals surface area contributed by atoms with Crippen LogP contribution in [-0.2, 0) is 11.2 Å². The van der Waals surface area contributed by atoms with Gasteiger partial charge in [0.1, 0.15) is 17.5 Å². The number of ether oxygens (including phenoxy) is 2. The molecule has 0 aromatic heterocycles. The number of rotatable bonds is 4. The van der Waals surface area contributed by atoms with Gasteiger partial charge in [-0.25, -0.2) is 4.79 Å². The number of amides is 1. The van der Waals surface area contributed by atoms with Gasteiger partial charge in [-0.3, -0.25) is 4.90 Å². The van der Waals surface area contributed by atoms with Gasteiger partial charge in [0.25, 0.3) is 0 Å². The largest absolute Gasteiger partial charge is 0.488 e. The molecule has 6 heteroatoms. The molecule has 0 spiro atoms. The molecule has 1 amide bonds. The second-order valence-corrected chi connectivity index (χ2v) is 12.5. The van der Waals surface area contributed by atoms with Crippen LogP contribution < -0.4 is 10.1 Å². The number of halogens is 1. The lowest BCUT2D eigenvalue weighted by Gasteiger charge is -2.44. The lowest BCUT2D eigenvalue weighted by molar-refractivity contribution is -0.0348. The molecule has 3 saturated heterocycles. The summed E-state index contributed by atoms with van der Waals surface area (Å²) in [7, 11) is 0. The van der Waals surface area contributed by atoms with Crippen molar-refractivity contribution in [3.05, 3.63) is 52.5 Å². The van der Waals surface area contributed by atoms with Crippen molar-refractivity contribution in [2.75, 3.05) is 19.6 Å². The van der Waals surface area contributed by atoms with Crippen molar-refractivity contribution < 1.29 is 14.3 Å². The van der Waals surface area contributed by atoms with Crippen LogP contribution in [0.4, 0.5) is 4.79 Å². The summed E-state index contributed by atoms with van der Waals surface area (Å²) in [6.45, 7) is 13.6. The zero-order chi connectivity index (χ0) is 25.0. The fourth-order valence-corrected chi connectivity index (χ4v) is 6.26. The molecule has 3 fully saturated rings. The smallest absolute Gasteiger partial charge is 0.407 e. The van der Waals surface area contributed by atoms with E-state index in [2.05, 4.69) is 42.3 Å². The van der Waals surface area contributed by atoms with E-state index in [0.29, 0.717) is 10.9 Å². The van der Waals surface area contributed by atoms with Gasteiger partial charge in [-0.05, 0) is 99.3 Å². The first-order chi connectivity index (χ1) is 16.5. The SMILES string of the molecule is CC(C)(C)Oc1ccc(-c2ccc3c(c2)CC(C)(C)[C@H]3NC(=O)O[C@H]2CN3CCC2CC3)c(Cl)c1. The molecule has 2 atom stereocenters. The van der Waals surface area contributed by atoms with E-state index in [1.807, 2.05) is 39.0 Å². The summed E-state index contributed by atoms with van der Waals surface area (Å²) >= 11 is 6.66. The summed E-state index contributed by atoms with van der Waals surface area (Å²) in [5.74, 6) is 1.27. The molecule has 6 rings (SSSR count). The minimum atomic E-state index is -0.295. The highest BCUT2D eigenvalue weighted by atomic mass is 35.5. The fraction of sp³-hybridized carbons (Fsp3) is 0.552. The van der Waals surface area contributed by atoms with Crippen LogP contribution in [0, 0.1) is 11.3 Å². The van der Waals surface area contributed by atoms with Crippen LogP contribution in [0.2, 0.25) is 5.02 Å². The van der Waals surface area contributed by atoms with Gasteiger partial charge in [-0.1, -0.05) is 43.6 Å². The summed E-state index contributed by atoms with van der Waals surface area (Å²) in [5, 5.41) is 3.88. The average Bonchev–Trinajstić information content (AvgIpc) is 3.02. The molecule has 3 aliphatic heterocycles. The van der Waals surface area contributed by atoms with Crippen LogP contribution >= 0.6 is 11.6 Å².